The van der Waals surface area contributed by atoms with Gasteiger partial charge in [-0.05, 0) is 98.3 Å². The molecule has 0 radical (unpaired) electrons. The second-order valence-electron chi connectivity index (χ2n) is 9.34. The molecule has 1 aliphatic heterocycles. The molecule has 5 nitrogen and oxygen atoms in total. The van der Waals surface area contributed by atoms with E-state index in [2.05, 4.69) is 22.3 Å². The number of carbonyl (C=O) groups is 2. The number of hydrogen-bond acceptors (Lipinski definition) is 4. The lowest BCUT2D eigenvalue weighted by atomic mass is 9.89. The minimum atomic E-state index is -0.477. The summed E-state index contributed by atoms with van der Waals surface area (Å²) in [5, 5.41) is 2.75. The smallest absolute Gasteiger partial charge is 0.252 e. The lowest BCUT2D eigenvalue weighted by Crippen LogP contribution is -2.41. The van der Waals surface area contributed by atoms with Crippen LogP contribution in [-0.2, 0) is 11.3 Å². The highest BCUT2D eigenvalue weighted by molar-refractivity contribution is 6.67. The molecule has 176 valence electrons. The highest BCUT2D eigenvalue weighted by atomic mass is 35.5. The van der Waals surface area contributed by atoms with Crippen LogP contribution in [0.3, 0.4) is 0 Å². The Morgan fingerprint density at radius 1 is 0.879 bits per heavy atom. The lowest BCUT2D eigenvalue weighted by molar-refractivity contribution is -0.126. The Morgan fingerprint density at radius 3 is 2.09 bits per heavy atom. The van der Waals surface area contributed by atoms with E-state index in [-0.39, 0.29) is 11.8 Å². The fourth-order valence-electron chi connectivity index (χ4n) is 4.84. The lowest BCUT2D eigenvalue weighted by Gasteiger charge is -2.32. The summed E-state index contributed by atoms with van der Waals surface area (Å²) in [5.41, 5.74) is 1.68. The monoisotopic (exact) mass is 468 g/mol. The van der Waals surface area contributed by atoms with Crippen LogP contribution in [0.4, 0.5) is 0 Å². The van der Waals surface area contributed by atoms with Crippen molar-refractivity contribution in [3.63, 3.8) is 0 Å². The van der Waals surface area contributed by atoms with Gasteiger partial charge in [0.2, 0.25) is 5.91 Å². The van der Waals surface area contributed by atoms with Crippen LogP contribution in [-0.4, -0.2) is 35.7 Å². The van der Waals surface area contributed by atoms with Gasteiger partial charge < -0.3 is 10.1 Å². The number of nitrogens with zero attached hydrogens (tertiary/aromatic N) is 1. The zero-order valence-electron chi connectivity index (χ0n) is 19.1. The number of carbonyl (C=O) groups excluding carboxylic acids is 2. The minimum Gasteiger partial charge on any atom is -0.457 e. The maximum absolute atomic E-state index is 12.6. The molecule has 0 bridgehead atoms. The molecule has 2 aromatic rings. The predicted molar refractivity (Wildman–Crippen MR) is 131 cm³/mol. The standard InChI is InChI=1S/C27H33ClN2O3/c28-26(31)22-8-12-25(13-9-22)33-24-10-6-21(7-11-24)19-30-16-14-23(15-17-30)27(32)29-18-20-4-2-1-3-5-20/h6-13,20,23H,1-5,14-19H2,(H,29,32). The summed E-state index contributed by atoms with van der Waals surface area (Å²) in [5.74, 6) is 2.50. The SMILES string of the molecule is O=C(Cl)c1ccc(Oc2ccc(CN3CCC(C(=O)NCC4CCCCC4)CC3)cc2)cc1. The molecule has 1 N–H and O–H groups in total. The van der Waals surface area contributed by atoms with Gasteiger partial charge >= 0.3 is 0 Å². The van der Waals surface area contributed by atoms with E-state index in [1.54, 1.807) is 24.3 Å². The number of halogens is 1. The van der Waals surface area contributed by atoms with Crippen molar-refractivity contribution in [2.45, 2.75) is 51.5 Å². The van der Waals surface area contributed by atoms with Crippen molar-refractivity contribution in [2.75, 3.05) is 19.6 Å². The Bertz CT molecular complexity index is 915. The van der Waals surface area contributed by atoms with Gasteiger partial charge in [-0.3, -0.25) is 14.5 Å². The molecule has 2 aromatic carbocycles. The van der Waals surface area contributed by atoms with E-state index in [1.165, 1.54) is 37.7 Å². The quantitative estimate of drug-likeness (QED) is 0.500. The molecule has 1 amide bonds. The van der Waals surface area contributed by atoms with E-state index >= 15 is 0 Å². The van der Waals surface area contributed by atoms with Crippen LogP contribution in [0.15, 0.2) is 48.5 Å². The van der Waals surface area contributed by atoms with Crippen LogP contribution in [0, 0.1) is 11.8 Å². The van der Waals surface area contributed by atoms with Crippen molar-refractivity contribution >= 4 is 22.8 Å². The summed E-state index contributed by atoms with van der Waals surface area (Å²) in [4.78, 5) is 26.2. The third kappa shape index (κ3) is 7.05. The first-order chi connectivity index (χ1) is 16.1. The fraction of sp³-hybridized carbons (Fsp3) is 0.481. The van der Waals surface area contributed by atoms with Crippen LogP contribution in [0.2, 0.25) is 0 Å². The van der Waals surface area contributed by atoms with E-state index in [0.717, 1.165) is 44.8 Å². The van der Waals surface area contributed by atoms with E-state index < -0.39 is 5.24 Å². The van der Waals surface area contributed by atoms with E-state index in [9.17, 15) is 9.59 Å². The van der Waals surface area contributed by atoms with Gasteiger partial charge in [-0.25, -0.2) is 0 Å². The molecule has 2 aliphatic rings. The maximum Gasteiger partial charge on any atom is 0.252 e. The first-order valence-electron chi connectivity index (χ1n) is 12.1. The largest absolute Gasteiger partial charge is 0.457 e. The molecule has 33 heavy (non-hydrogen) atoms. The minimum absolute atomic E-state index is 0.154. The van der Waals surface area contributed by atoms with Crippen molar-refractivity contribution in [1.29, 1.82) is 0 Å². The van der Waals surface area contributed by atoms with Gasteiger partial charge in [0.1, 0.15) is 11.5 Å². The number of amides is 1. The van der Waals surface area contributed by atoms with Crippen LogP contribution in [0.1, 0.15) is 60.9 Å². The van der Waals surface area contributed by atoms with Gasteiger partial charge in [-0.1, -0.05) is 31.4 Å². The number of hydrogen-bond donors (Lipinski definition) is 1. The number of piperidine rings is 1. The van der Waals surface area contributed by atoms with E-state index in [1.807, 2.05) is 12.1 Å². The van der Waals surface area contributed by atoms with Crippen molar-refractivity contribution in [3.8, 4) is 11.5 Å². The van der Waals surface area contributed by atoms with Crippen LogP contribution in [0.5, 0.6) is 11.5 Å². The topological polar surface area (TPSA) is 58.6 Å². The third-order valence-corrected chi connectivity index (χ3v) is 7.11. The van der Waals surface area contributed by atoms with Crippen molar-refractivity contribution < 1.29 is 14.3 Å². The molecule has 2 fully saturated rings. The predicted octanol–water partition coefficient (Wildman–Crippen LogP) is 5.77. The van der Waals surface area contributed by atoms with Gasteiger partial charge in [0.05, 0.1) is 0 Å². The first kappa shape index (κ1) is 23.8. The molecule has 0 atom stereocenters. The number of rotatable bonds is 8. The van der Waals surface area contributed by atoms with Gasteiger partial charge in [0, 0.05) is 24.6 Å². The second-order valence-corrected chi connectivity index (χ2v) is 9.69. The molecule has 1 saturated heterocycles. The molecule has 4 rings (SSSR count). The summed E-state index contributed by atoms with van der Waals surface area (Å²) < 4.78 is 5.85. The Labute approximate surface area is 201 Å². The van der Waals surface area contributed by atoms with Gasteiger partial charge in [0.25, 0.3) is 5.24 Å². The van der Waals surface area contributed by atoms with Crippen molar-refractivity contribution in [1.82, 2.24) is 10.2 Å². The Balaban J connectivity index is 1.19. The van der Waals surface area contributed by atoms with Crippen molar-refractivity contribution in [2.24, 2.45) is 11.8 Å². The van der Waals surface area contributed by atoms with Gasteiger partial charge in [-0.15, -0.1) is 0 Å². The molecular formula is C27H33ClN2O3. The number of likely N-dealkylation sites (tertiary alicyclic amines) is 1. The summed E-state index contributed by atoms with van der Waals surface area (Å²) in [6.45, 7) is 3.64. The molecule has 0 spiro atoms. The summed E-state index contributed by atoms with van der Waals surface area (Å²) in [7, 11) is 0. The van der Waals surface area contributed by atoms with E-state index in [0.29, 0.717) is 17.2 Å². The van der Waals surface area contributed by atoms with Crippen LogP contribution < -0.4 is 10.1 Å². The van der Waals surface area contributed by atoms with Crippen LogP contribution >= 0.6 is 11.6 Å². The maximum atomic E-state index is 12.6. The van der Waals surface area contributed by atoms with Crippen LogP contribution in [0.25, 0.3) is 0 Å². The zero-order valence-corrected chi connectivity index (χ0v) is 19.9. The summed E-state index contributed by atoms with van der Waals surface area (Å²) >= 11 is 5.48. The first-order valence-corrected chi connectivity index (χ1v) is 12.5. The van der Waals surface area contributed by atoms with Gasteiger partial charge in [0.15, 0.2) is 0 Å². The average Bonchev–Trinajstić information content (AvgIpc) is 2.85. The Hall–Kier alpha value is -2.37. The number of benzene rings is 2. The molecular weight excluding hydrogens is 436 g/mol. The number of ether oxygens (including phenoxy) is 1. The molecule has 0 aromatic heterocycles. The molecule has 1 heterocycles. The normalized spacial score (nSPS) is 18.1. The number of nitrogens with one attached hydrogen (secondary N) is 1. The highest BCUT2D eigenvalue weighted by Crippen LogP contribution is 2.25. The fourth-order valence-corrected chi connectivity index (χ4v) is 4.97. The summed E-state index contributed by atoms with van der Waals surface area (Å²) in [6, 6.07) is 14.8. The molecule has 1 saturated carbocycles. The zero-order chi connectivity index (χ0) is 23.0. The summed E-state index contributed by atoms with van der Waals surface area (Å²) in [6.07, 6.45) is 8.38. The molecule has 1 aliphatic carbocycles. The molecule has 0 unspecified atom stereocenters. The van der Waals surface area contributed by atoms with Crippen molar-refractivity contribution in [3.05, 3.63) is 59.7 Å². The van der Waals surface area contributed by atoms with E-state index in [4.69, 9.17) is 16.3 Å². The van der Waals surface area contributed by atoms with Gasteiger partial charge in [-0.2, -0.15) is 0 Å². The Morgan fingerprint density at radius 2 is 1.48 bits per heavy atom. The highest BCUT2D eigenvalue weighted by Gasteiger charge is 2.25. The Kier molecular flexibility index (Phi) is 8.40. The molecule has 6 heteroatoms. The third-order valence-electron chi connectivity index (χ3n) is 6.89. The second kappa shape index (κ2) is 11.7. The average molecular weight is 469 g/mol.